The Hall–Kier alpha value is -0.900. The van der Waals surface area contributed by atoms with Crippen LogP contribution in [-0.2, 0) is 27.4 Å². The summed E-state index contributed by atoms with van der Waals surface area (Å²) in [5.41, 5.74) is 7.99. The second-order valence-corrected chi connectivity index (χ2v) is 4.69. The summed E-state index contributed by atoms with van der Waals surface area (Å²) in [5.74, 6) is 0.426. The summed E-state index contributed by atoms with van der Waals surface area (Å²) in [7, 11) is 1.65. The molecular weight excluding hydrogens is 409 g/mol. The van der Waals surface area contributed by atoms with Gasteiger partial charge in [0.2, 0.25) is 0 Å². The first-order valence-electron chi connectivity index (χ1n) is 7.52. The lowest BCUT2D eigenvalue weighted by Crippen LogP contribution is -2.34. The van der Waals surface area contributed by atoms with Crippen LogP contribution in [0, 0.1) is 0 Å². The first-order valence-corrected chi connectivity index (χ1v) is 7.52. The maximum Gasteiger partial charge on any atom is 0.188 e. The number of benzene rings is 1. The van der Waals surface area contributed by atoms with E-state index in [1.165, 1.54) is 0 Å². The van der Waals surface area contributed by atoms with E-state index in [0.29, 0.717) is 45.5 Å². The molecule has 0 aliphatic rings. The van der Waals surface area contributed by atoms with Crippen molar-refractivity contribution < 1.29 is 14.2 Å². The summed E-state index contributed by atoms with van der Waals surface area (Å²) in [6, 6.07) is 8.14. The lowest BCUT2D eigenvalue weighted by Gasteiger charge is -2.07. The number of rotatable bonds is 11. The highest BCUT2D eigenvalue weighted by Crippen LogP contribution is 2.08. The van der Waals surface area contributed by atoms with Crippen molar-refractivity contribution in [2.24, 2.45) is 10.7 Å². The molecule has 0 radical (unpaired) electrons. The molecule has 0 atom stereocenters. The van der Waals surface area contributed by atoms with E-state index in [4.69, 9.17) is 19.9 Å². The van der Waals surface area contributed by atoms with Crippen LogP contribution in [-0.4, -0.2) is 46.0 Å². The van der Waals surface area contributed by atoms with Crippen LogP contribution in [0.25, 0.3) is 0 Å². The second-order valence-electron chi connectivity index (χ2n) is 4.69. The predicted molar refractivity (Wildman–Crippen MR) is 103 cm³/mol. The van der Waals surface area contributed by atoms with Gasteiger partial charge in [-0.15, -0.1) is 24.0 Å². The van der Waals surface area contributed by atoms with Gasteiger partial charge in [-0.05, 0) is 18.1 Å². The monoisotopic (exact) mass is 437 g/mol. The summed E-state index contributed by atoms with van der Waals surface area (Å²) in [4.78, 5) is 4.30. The average Bonchev–Trinajstić information content (AvgIpc) is 2.53. The number of aliphatic imine (C=N–C) groups is 1. The van der Waals surface area contributed by atoms with Crippen molar-refractivity contribution in [2.75, 3.05) is 40.1 Å². The van der Waals surface area contributed by atoms with E-state index in [0.717, 1.165) is 17.7 Å². The normalized spacial score (nSPS) is 11.1. The number of hydrogen-bond acceptors (Lipinski definition) is 4. The fourth-order valence-electron chi connectivity index (χ4n) is 1.78. The molecule has 0 aliphatic carbocycles. The molecule has 0 unspecified atom stereocenters. The third-order valence-corrected chi connectivity index (χ3v) is 2.88. The molecule has 0 aliphatic heterocycles. The van der Waals surface area contributed by atoms with Crippen LogP contribution in [0.4, 0.5) is 0 Å². The topological polar surface area (TPSA) is 78.1 Å². The van der Waals surface area contributed by atoms with Crippen LogP contribution < -0.4 is 11.1 Å². The predicted octanol–water partition coefficient (Wildman–Crippen LogP) is 1.91. The number of methoxy groups -OCH3 is 1. The Labute approximate surface area is 155 Å². The molecule has 1 aromatic carbocycles. The molecular formula is C16H28IN3O3. The Kier molecular flexibility index (Phi) is 14.1. The Morgan fingerprint density at radius 3 is 2.65 bits per heavy atom. The molecule has 1 aromatic rings. The maximum absolute atomic E-state index is 5.77. The van der Waals surface area contributed by atoms with Crippen molar-refractivity contribution in [3.8, 4) is 0 Å². The van der Waals surface area contributed by atoms with E-state index >= 15 is 0 Å². The van der Waals surface area contributed by atoms with Gasteiger partial charge in [0.15, 0.2) is 5.96 Å². The minimum Gasteiger partial charge on any atom is -0.383 e. The standard InChI is InChI=1S/C16H27N3O3.HI/c1-3-21-9-10-22-13-15-6-4-5-14(11-15)12-19-16(17)18-7-8-20-2;/h4-6,11H,3,7-10,12-13H2,1-2H3,(H3,17,18,19);1H. The molecule has 0 bridgehead atoms. The Morgan fingerprint density at radius 2 is 1.91 bits per heavy atom. The SMILES string of the molecule is CCOCCOCc1cccc(CN=C(N)NCCOC)c1.I. The van der Waals surface area contributed by atoms with Gasteiger partial charge in [0, 0.05) is 20.3 Å². The first kappa shape index (κ1) is 22.1. The van der Waals surface area contributed by atoms with E-state index in [9.17, 15) is 0 Å². The fourth-order valence-corrected chi connectivity index (χ4v) is 1.78. The highest BCUT2D eigenvalue weighted by molar-refractivity contribution is 14.0. The fraction of sp³-hybridized carbons (Fsp3) is 0.562. The van der Waals surface area contributed by atoms with Crippen LogP contribution in [0.1, 0.15) is 18.1 Å². The van der Waals surface area contributed by atoms with Crippen molar-refractivity contribution in [1.29, 1.82) is 0 Å². The van der Waals surface area contributed by atoms with Gasteiger partial charge in [0.05, 0.1) is 33.0 Å². The van der Waals surface area contributed by atoms with Crippen molar-refractivity contribution in [1.82, 2.24) is 5.32 Å². The molecule has 0 saturated heterocycles. The molecule has 23 heavy (non-hydrogen) atoms. The number of ether oxygens (including phenoxy) is 3. The summed E-state index contributed by atoms with van der Waals surface area (Å²) in [6.07, 6.45) is 0. The van der Waals surface area contributed by atoms with Gasteiger partial charge in [-0.25, -0.2) is 4.99 Å². The minimum atomic E-state index is 0. The number of nitrogens with two attached hydrogens (primary N) is 1. The van der Waals surface area contributed by atoms with E-state index in [1.807, 2.05) is 25.1 Å². The van der Waals surface area contributed by atoms with E-state index in [-0.39, 0.29) is 24.0 Å². The van der Waals surface area contributed by atoms with Crippen LogP contribution in [0.3, 0.4) is 0 Å². The quantitative estimate of drug-likeness (QED) is 0.239. The lowest BCUT2D eigenvalue weighted by molar-refractivity contribution is 0.0453. The van der Waals surface area contributed by atoms with E-state index in [1.54, 1.807) is 7.11 Å². The zero-order chi connectivity index (χ0) is 16.0. The van der Waals surface area contributed by atoms with Gasteiger partial charge in [0.1, 0.15) is 0 Å². The largest absolute Gasteiger partial charge is 0.383 e. The number of halogens is 1. The number of nitrogens with one attached hydrogen (secondary N) is 1. The zero-order valence-electron chi connectivity index (χ0n) is 13.9. The molecule has 7 heteroatoms. The van der Waals surface area contributed by atoms with Crippen molar-refractivity contribution >= 4 is 29.9 Å². The van der Waals surface area contributed by atoms with Gasteiger partial charge >= 0.3 is 0 Å². The molecule has 1 rings (SSSR count). The van der Waals surface area contributed by atoms with Crippen molar-refractivity contribution in [2.45, 2.75) is 20.1 Å². The van der Waals surface area contributed by atoms with Crippen molar-refractivity contribution in [3.05, 3.63) is 35.4 Å². The number of hydrogen-bond donors (Lipinski definition) is 2. The summed E-state index contributed by atoms with van der Waals surface area (Å²) in [6.45, 7) is 6.29. The second kappa shape index (κ2) is 14.7. The molecule has 0 amide bonds. The highest BCUT2D eigenvalue weighted by Gasteiger charge is 1.98. The van der Waals surface area contributed by atoms with Gasteiger partial charge in [-0.3, -0.25) is 0 Å². The van der Waals surface area contributed by atoms with Gasteiger partial charge in [-0.2, -0.15) is 0 Å². The van der Waals surface area contributed by atoms with Crippen LogP contribution >= 0.6 is 24.0 Å². The Bertz CT molecular complexity index is 444. The molecule has 0 spiro atoms. The highest BCUT2D eigenvalue weighted by atomic mass is 127. The van der Waals surface area contributed by atoms with Crippen LogP contribution in [0.15, 0.2) is 29.3 Å². The average molecular weight is 437 g/mol. The van der Waals surface area contributed by atoms with Crippen molar-refractivity contribution in [3.63, 3.8) is 0 Å². The first-order chi connectivity index (χ1) is 10.8. The number of nitrogens with zero attached hydrogens (tertiary/aromatic N) is 1. The molecule has 0 saturated carbocycles. The van der Waals surface area contributed by atoms with E-state index < -0.39 is 0 Å². The maximum atomic E-state index is 5.77. The Morgan fingerprint density at radius 1 is 1.17 bits per heavy atom. The van der Waals surface area contributed by atoms with Gasteiger partial charge in [-0.1, -0.05) is 24.3 Å². The minimum absolute atomic E-state index is 0. The summed E-state index contributed by atoms with van der Waals surface area (Å²) >= 11 is 0. The third-order valence-electron chi connectivity index (χ3n) is 2.88. The molecule has 0 fully saturated rings. The zero-order valence-corrected chi connectivity index (χ0v) is 16.2. The molecule has 3 N–H and O–H groups in total. The summed E-state index contributed by atoms with van der Waals surface area (Å²) < 4.78 is 15.7. The van der Waals surface area contributed by atoms with Crippen LogP contribution in [0.5, 0.6) is 0 Å². The number of guanidine groups is 1. The molecule has 0 aromatic heterocycles. The third kappa shape index (κ3) is 11.3. The van der Waals surface area contributed by atoms with Gasteiger partial charge in [0.25, 0.3) is 0 Å². The lowest BCUT2D eigenvalue weighted by atomic mass is 10.1. The van der Waals surface area contributed by atoms with Gasteiger partial charge < -0.3 is 25.3 Å². The van der Waals surface area contributed by atoms with Crippen LogP contribution in [0.2, 0.25) is 0 Å². The molecule has 0 heterocycles. The smallest absolute Gasteiger partial charge is 0.188 e. The Balaban J connectivity index is 0.00000484. The summed E-state index contributed by atoms with van der Waals surface area (Å²) in [5, 5.41) is 2.99. The molecule has 132 valence electrons. The van der Waals surface area contributed by atoms with E-state index in [2.05, 4.69) is 16.4 Å². The molecule has 6 nitrogen and oxygen atoms in total.